The van der Waals surface area contributed by atoms with Gasteiger partial charge in [-0.2, -0.15) is 0 Å². The molecule has 0 aliphatic carbocycles. The van der Waals surface area contributed by atoms with Crippen LogP contribution in [0.3, 0.4) is 0 Å². The Labute approximate surface area is 122 Å². The Kier molecular flexibility index (Phi) is 9.01. The highest BCUT2D eigenvalue weighted by molar-refractivity contribution is 5.75. The van der Waals surface area contributed by atoms with Gasteiger partial charge in [0.1, 0.15) is 0 Å². The molecule has 0 radical (unpaired) electrons. The number of amides is 2. The number of carbonyl (C=O) groups excluding carboxylic acids is 1. The number of nitrogens with zero attached hydrogens (tertiary/aromatic N) is 2. The topological polar surface area (TPSA) is 60.9 Å². The minimum atomic E-state index is -0.874. The highest BCUT2D eigenvalue weighted by Gasteiger charge is 2.18. The summed E-state index contributed by atoms with van der Waals surface area (Å²) < 4.78 is 0. The molecule has 20 heavy (non-hydrogen) atoms. The van der Waals surface area contributed by atoms with Gasteiger partial charge >= 0.3 is 12.0 Å². The van der Waals surface area contributed by atoms with E-state index < -0.39 is 5.97 Å². The first kappa shape index (κ1) is 18.7. The van der Waals surface area contributed by atoms with Crippen LogP contribution in [0.5, 0.6) is 0 Å². The summed E-state index contributed by atoms with van der Waals surface area (Å²) in [6.45, 7) is 10.3. The Balaban J connectivity index is 4.47. The van der Waals surface area contributed by atoms with E-state index in [1.165, 1.54) is 4.90 Å². The van der Waals surface area contributed by atoms with Crippen molar-refractivity contribution in [3.63, 3.8) is 0 Å². The molecular formula is C15H30N2O3. The second-order valence-corrected chi connectivity index (χ2v) is 6.20. The second-order valence-electron chi connectivity index (χ2n) is 6.20. The van der Waals surface area contributed by atoms with Crippen molar-refractivity contribution < 1.29 is 14.7 Å². The third-order valence-electron chi connectivity index (χ3n) is 3.21. The fraction of sp³-hybridized carbons (Fsp3) is 0.867. The number of carboxylic acid groups (broad SMARTS) is 1. The summed E-state index contributed by atoms with van der Waals surface area (Å²) in [5.41, 5.74) is 0. The van der Waals surface area contributed by atoms with E-state index in [-0.39, 0.29) is 19.0 Å². The van der Waals surface area contributed by atoms with Crippen LogP contribution in [-0.2, 0) is 4.79 Å². The molecule has 118 valence electrons. The fourth-order valence-electron chi connectivity index (χ4n) is 1.73. The lowest BCUT2D eigenvalue weighted by molar-refractivity contribution is -0.137. The number of urea groups is 1. The van der Waals surface area contributed by atoms with Crippen molar-refractivity contribution in [2.75, 3.05) is 26.7 Å². The average molecular weight is 286 g/mol. The molecule has 0 rings (SSSR count). The van der Waals surface area contributed by atoms with Crippen molar-refractivity contribution in [2.24, 2.45) is 11.8 Å². The van der Waals surface area contributed by atoms with Crippen LogP contribution >= 0.6 is 0 Å². The van der Waals surface area contributed by atoms with Crippen LogP contribution in [0.1, 0.15) is 47.0 Å². The van der Waals surface area contributed by atoms with E-state index in [4.69, 9.17) is 5.11 Å². The molecule has 0 saturated heterocycles. The van der Waals surface area contributed by atoms with Crippen molar-refractivity contribution in [1.82, 2.24) is 9.80 Å². The first-order valence-corrected chi connectivity index (χ1v) is 7.45. The second kappa shape index (κ2) is 9.61. The van der Waals surface area contributed by atoms with Gasteiger partial charge in [-0.15, -0.1) is 0 Å². The van der Waals surface area contributed by atoms with Crippen molar-refractivity contribution in [1.29, 1.82) is 0 Å². The van der Waals surface area contributed by atoms with Gasteiger partial charge in [0.15, 0.2) is 0 Å². The number of carboxylic acids is 1. The normalized spacial score (nSPS) is 10.9. The molecule has 0 unspecified atom stereocenters. The molecule has 0 aliphatic heterocycles. The van der Waals surface area contributed by atoms with Gasteiger partial charge in [-0.3, -0.25) is 4.79 Å². The fourth-order valence-corrected chi connectivity index (χ4v) is 1.73. The first-order valence-electron chi connectivity index (χ1n) is 7.45. The maximum absolute atomic E-state index is 12.3. The molecule has 1 N–H and O–H groups in total. The third-order valence-corrected chi connectivity index (χ3v) is 3.21. The van der Waals surface area contributed by atoms with E-state index in [1.54, 1.807) is 7.05 Å². The quantitative estimate of drug-likeness (QED) is 0.709. The smallest absolute Gasteiger partial charge is 0.319 e. The van der Waals surface area contributed by atoms with Crippen molar-refractivity contribution >= 4 is 12.0 Å². The largest absolute Gasteiger partial charge is 0.481 e. The van der Waals surface area contributed by atoms with Gasteiger partial charge < -0.3 is 14.9 Å². The van der Waals surface area contributed by atoms with Crippen molar-refractivity contribution in [2.45, 2.75) is 47.0 Å². The Morgan fingerprint density at radius 2 is 1.40 bits per heavy atom. The Bertz CT molecular complexity index is 291. The summed E-state index contributed by atoms with van der Waals surface area (Å²) in [6, 6.07) is -0.0625. The monoisotopic (exact) mass is 286 g/mol. The van der Waals surface area contributed by atoms with Gasteiger partial charge in [-0.1, -0.05) is 27.7 Å². The molecule has 0 aromatic carbocycles. The minimum absolute atomic E-state index is 0.00948. The molecule has 0 aliphatic rings. The number of hydrogen-bond donors (Lipinski definition) is 1. The van der Waals surface area contributed by atoms with Crippen LogP contribution in [0.2, 0.25) is 0 Å². The molecule has 0 fully saturated rings. The maximum Gasteiger partial charge on any atom is 0.319 e. The zero-order valence-corrected chi connectivity index (χ0v) is 13.6. The van der Waals surface area contributed by atoms with E-state index in [0.717, 1.165) is 25.9 Å². The van der Waals surface area contributed by atoms with E-state index in [1.807, 2.05) is 4.90 Å². The molecule has 2 amide bonds. The van der Waals surface area contributed by atoms with Gasteiger partial charge in [-0.25, -0.2) is 4.79 Å². The summed E-state index contributed by atoms with van der Waals surface area (Å²) >= 11 is 0. The highest BCUT2D eigenvalue weighted by atomic mass is 16.4. The SMILES string of the molecule is CC(C)CCN(CCC(C)C)C(=O)N(C)CCC(=O)O. The Hall–Kier alpha value is -1.26. The molecule has 0 aromatic rings. The third kappa shape index (κ3) is 8.77. The maximum atomic E-state index is 12.3. The van der Waals surface area contributed by atoms with Crippen LogP contribution < -0.4 is 0 Å². The zero-order chi connectivity index (χ0) is 15.7. The lowest BCUT2D eigenvalue weighted by atomic mass is 10.1. The van der Waals surface area contributed by atoms with Crippen LogP contribution in [0, 0.1) is 11.8 Å². The first-order chi connectivity index (χ1) is 9.23. The average Bonchev–Trinajstić information content (AvgIpc) is 2.34. The molecule has 0 saturated carbocycles. The van der Waals surface area contributed by atoms with Crippen molar-refractivity contribution in [3.05, 3.63) is 0 Å². The molecule has 0 aromatic heterocycles. The summed E-state index contributed by atoms with van der Waals surface area (Å²) in [6.07, 6.45) is 1.93. The Morgan fingerprint density at radius 1 is 0.950 bits per heavy atom. The van der Waals surface area contributed by atoms with Crippen LogP contribution in [0.4, 0.5) is 4.79 Å². The highest BCUT2D eigenvalue weighted by Crippen LogP contribution is 2.09. The summed E-state index contributed by atoms with van der Waals surface area (Å²) in [5.74, 6) is 0.225. The Morgan fingerprint density at radius 3 is 1.75 bits per heavy atom. The van der Waals surface area contributed by atoms with Gasteiger partial charge in [-0.05, 0) is 24.7 Å². The van der Waals surface area contributed by atoms with Gasteiger partial charge in [0.05, 0.1) is 6.42 Å². The number of carbonyl (C=O) groups is 2. The van der Waals surface area contributed by atoms with Gasteiger partial charge in [0.2, 0.25) is 0 Å². The van der Waals surface area contributed by atoms with E-state index in [2.05, 4.69) is 27.7 Å². The molecule has 0 heterocycles. The summed E-state index contributed by atoms with van der Waals surface area (Å²) in [5, 5.41) is 8.68. The summed E-state index contributed by atoms with van der Waals surface area (Å²) in [7, 11) is 1.67. The molecular weight excluding hydrogens is 256 g/mol. The van der Waals surface area contributed by atoms with Crippen LogP contribution in [0.15, 0.2) is 0 Å². The van der Waals surface area contributed by atoms with Gasteiger partial charge in [0, 0.05) is 26.7 Å². The standard InChI is InChI=1S/C15H30N2O3/c1-12(2)6-10-17(11-7-13(3)4)15(20)16(5)9-8-14(18)19/h12-13H,6-11H2,1-5H3,(H,18,19). The molecule has 0 spiro atoms. The lowest BCUT2D eigenvalue weighted by Gasteiger charge is -2.29. The minimum Gasteiger partial charge on any atom is -0.481 e. The molecule has 5 nitrogen and oxygen atoms in total. The van der Waals surface area contributed by atoms with Crippen LogP contribution in [-0.4, -0.2) is 53.6 Å². The molecule has 0 atom stereocenters. The van der Waals surface area contributed by atoms with Crippen molar-refractivity contribution in [3.8, 4) is 0 Å². The zero-order valence-electron chi connectivity index (χ0n) is 13.6. The van der Waals surface area contributed by atoms with E-state index in [0.29, 0.717) is 11.8 Å². The van der Waals surface area contributed by atoms with E-state index >= 15 is 0 Å². The van der Waals surface area contributed by atoms with Gasteiger partial charge in [0.25, 0.3) is 0 Å². The predicted molar refractivity (Wildman–Crippen MR) is 80.8 cm³/mol. The molecule has 5 heteroatoms. The number of rotatable bonds is 9. The number of aliphatic carboxylic acids is 1. The van der Waals surface area contributed by atoms with E-state index in [9.17, 15) is 9.59 Å². The lowest BCUT2D eigenvalue weighted by Crippen LogP contribution is -2.43. The molecule has 0 bridgehead atoms. The number of hydrogen-bond acceptors (Lipinski definition) is 2. The summed E-state index contributed by atoms with van der Waals surface area (Å²) in [4.78, 5) is 26.3. The van der Waals surface area contributed by atoms with Crippen LogP contribution in [0.25, 0.3) is 0 Å². The predicted octanol–water partition coefficient (Wildman–Crippen LogP) is 2.91.